The number of allylic oxidation sites excluding steroid dienone is 1. The molecule has 2 aliphatic carbocycles. The number of nitrogens with one attached hydrogen (secondary N) is 3. The van der Waals surface area contributed by atoms with E-state index in [1.807, 2.05) is 26.0 Å². The summed E-state index contributed by atoms with van der Waals surface area (Å²) in [6.45, 7) is 7.32. The largest absolute Gasteiger partial charge is 0.491 e. The van der Waals surface area contributed by atoms with Crippen LogP contribution in [0.1, 0.15) is 79.1 Å². The zero-order valence-corrected chi connectivity index (χ0v) is 31.2. The van der Waals surface area contributed by atoms with Crippen molar-refractivity contribution in [2.24, 2.45) is 17.8 Å². The Kier molecular flexibility index (Phi) is 10.6. The first-order valence-corrected chi connectivity index (χ1v) is 19.8. The minimum absolute atomic E-state index is 0.0625. The molecule has 2 aromatic rings. The monoisotopic (exact) mass is 757 g/mol. The standard InChI is InChI=1S/C37H48FN5O9S/c1-5-22-15-21(3)9-7-8-10-24-19-37(24,34(46)42-53(49,50)36(4)12-13-36)41-31(44)28-17-25(20-43(28)33(45)30(22)40-35(47)48)52-32-26-18-27(38)29(51-6-2)16-23(26)11-14-39-32/h8,10-11,14,16,18,21-22,24-25,28,30,40H,5-7,9,12-13,15,17,19-20H2,1-4H3,(H,41,44)(H,42,46)(H,47,48)/t21-,22-,24-,25-,28+,30+,37-/m1/s1. The second kappa shape index (κ2) is 14.7. The molecule has 0 radical (unpaired) electrons. The van der Waals surface area contributed by atoms with Gasteiger partial charge in [-0.15, -0.1) is 0 Å². The van der Waals surface area contributed by atoms with Gasteiger partial charge in [0.15, 0.2) is 11.6 Å². The van der Waals surface area contributed by atoms with Gasteiger partial charge in [-0.1, -0.05) is 32.4 Å². The lowest BCUT2D eigenvalue weighted by atomic mass is 9.85. The van der Waals surface area contributed by atoms with E-state index in [1.165, 1.54) is 23.2 Å². The minimum atomic E-state index is -4.03. The molecular formula is C37H48FN5O9S. The van der Waals surface area contributed by atoms with Crippen molar-refractivity contribution in [3.63, 3.8) is 0 Å². The molecule has 1 saturated heterocycles. The summed E-state index contributed by atoms with van der Waals surface area (Å²) < 4.78 is 54.0. The molecule has 4 aliphatic rings. The molecule has 3 fully saturated rings. The van der Waals surface area contributed by atoms with Gasteiger partial charge >= 0.3 is 6.09 Å². The normalized spacial score (nSPS) is 29.9. The Labute approximate surface area is 308 Å². The fourth-order valence-electron chi connectivity index (χ4n) is 7.61. The maximum Gasteiger partial charge on any atom is 0.405 e. The molecule has 4 N–H and O–H groups in total. The number of benzene rings is 1. The molecular weight excluding hydrogens is 709 g/mol. The van der Waals surface area contributed by atoms with Crippen molar-refractivity contribution in [3.8, 4) is 11.6 Å². The first-order chi connectivity index (χ1) is 25.1. The van der Waals surface area contributed by atoms with Crippen molar-refractivity contribution in [2.45, 2.75) is 108 Å². The van der Waals surface area contributed by atoms with Crippen LogP contribution < -0.4 is 24.8 Å². The van der Waals surface area contributed by atoms with Gasteiger partial charge in [0.25, 0.3) is 5.91 Å². The van der Waals surface area contributed by atoms with Crippen LogP contribution in [-0.4, -0.2) is 88.8 Å². The number of fused-ring (bicyclic) bond motifs is 3. The van der Waals surface area contributed by atoms with Crippen molar-refractivity contribution < 1.29 is 46.6 Å². The Morgan fingerprint density at radius 3 is 2.62 bits per heavy atom. The summed E-state index contributed by atoms with van der Waals surface area (Å²) in [5.74, 6) is -3.47. The Balaban J connectivity index is 1.35. The van der Waals surface area contributed by atoms with Gasteiger partial charge < -0.3 is 30.1 Å². The molecule has 1 aromatic heterocycles. The highest BCUT2D eigenvalue weighted by molar-refractivity contribution is 7.91. The number of amides is 4. The van der Waals surface area contributed by atoms with Crippen LogP contribution in [0.4, 0.5) is 9.18 Å². The van der Waals surface area contributed by atoms with E-state index < -0.39 is 80.0 Å². The predicted octanol–water partition coefficient (Wildman–Crippen LogP) is 4.03. The van der Waals surface area contributed by atoms with Crippen LogP contribution in [0.3, 0.4) is 0 Å². The fourth-order valence-corrected chi connectivity index (χ4v) is 8.93. The number of carbonyl (C=O) groups excluding carboxylic acids is 3. The van der Waals surface area contributed by atoms with E-state index in [2.05, 4.69) is 20.3 Å². The molecule has 0 spiro atoms. The highest BCUT2D eigenvalue weighted by Crippen LogP contribution is 2.47. The minimum Gasteiger partial charge on any atom is -0.491 e. The number of hydrogen-bond donors (Lipinski definition) is 4. The molecule has 6 rings (SSSR count). The molecule has 16 heteroatoms. The van der Waals surface area contributed by atoms with Gasteiger partial charge in [0.05, 0.1) is 17.9 Å². The van der Waals surface area contributed by atoms with Crippen LogP contribution in [0.5, 0.6) is 11.6 Å². The third-order valence-corrected chi connectivity index (χ3v) is 13.4. The quantitative estimate of drug-likeness (QED) is 0.272. The van der Waals surface area contributed by atoms with E-state index >= 15 is 0 Å². The van der Waals surface area contributed by atoms with E-state index in [9.17, 15) is 37.1 Å². The maximum atomic E-state index is 15.0. The topological polar surface area (TPSA) is 193 Å². The highest BCUT2D eigenvalue weighted by Gasteiger charge is 2.63. The molecule has 0 unspecified atom stereocenters. The zero-order chi connectivity index (χ0) is 38.3. The summed E-state index contributed by atoms with van der Waals surface area (Å²) in [7, 11) is -4.03. The van der Waals surface area contributed by atoms with Gasteiger partial charge in [0.1, 0.15) is 23.7 Å². The molecule has 3 heterocycles. The van der Waals surface area contributed by atoms with Crippen LogP contribution in [0, 0.1) is 23.6 Å². The first kappa shape index (κ1) is 38.3. The molecule has 14 nitrogen and oxygen atoms in total. The van der Waals surface area contributed by atoms with Gasteiger partial charge in [-0.3, -0.25) is 19.1 Å². The second-order valence-corrected chi connectivity index (χ2v) is 17.3. The van der Waals surface area contributed by atoms with Crippen molar-refractivity contribution in [1.82, 2.24) is 25.2 Å². The smallest absolute Gasteiger partial charge is 0.405 e. The first-order valence-electron chi connectivity index (χ1n) is 18.3. The average molecular weight is 758 g/mol. The Morgan fingerprint density at radius 1 is 1.19 bits per heavy atom. The lowest BCUT2D eigenvalue weighted by Gasteiger charge is -2.33. The van der Waals surface area contributed by atoms with Gasteiger partial charge in [-0.25, -0.2) is 22.6 Å². The number of aromatic nitrogens is 1. The molecule has 1 aromatic carbocycles. The summed E-state index contributed by atoms with van der Waals surface area (Å²) in [5, 5.41) is 16.0. The number of carboxylic acid groups (broad SMARTS) is 1. The van der Waals surface area contributed by atoms with E-state index in [0.717, 1.165) is 6.42 Å². The lowest BCUT2D eigenvalue weighted by molar-refractivity contribution is -0.142. The number of sulfonamides is 1. The number of nitrogens with zero attached hydrogens (tertiary/aromatic N) is 2. The molecule has 7 atom stereocenters. The van der Waals surface area contributed by atoms with Crippen LogP contribution >= 0.6 is 0 Å². The summed E-state index contributed by atoms with van der Waals surface area (Å²) >= 11 is 0. The van der Waals surface area contributed by atoms with Gasteiger partial charge in [-0.05, 0) is 87.8 Å². The maximum absolute atomic E-state index is 15.0. The Hall–Kier alpha value is -4.47. The number of rotatable bonds is 9. The van der Waals surface area contributed by atoms with E-state index in [4.69, 9.17) is 9.47 Å². The van der Waals surface area contributed by atoms with Crippen molar-refractivity contribution in [3.05, 3.63) is 42.4 Å². The third kappa shape index (κ3) is 7.78. The Bertz CT molecular complexity index is 1920. The number of halogens is 1. The summed E-state index contributed by atoms with van der Waals surface area (Å²) in [5.41, 5.74) is -1.58. The summed E-state index contributed by atoms with van der Waals surface area (Å²) in [6, 6.07) is 2.03. The molecule has 288 valence electrons. The van der Waals surface area contributed by atoms with Gasteiger partial charge in [0.2, 0.25) is 27.7 Å². The molecule has 4 amide bonds. The fraction of sp³-hybridized carbons (Fsp3) is 0.595. The molecule has 2 saturated carbocycles. The average Bonchev–Trinajstić information content (AvgIpc) is 3.98. The number of pyridine rings is 1. The second-order valence-electron chi connectivity index (χ2n) is 15.1. The van der Waals surface area contributed by atoms with Crippen LogP contribution in [0.15, 0.2) is 36.5 Å². The van der Waals surface area contributed by atoms with E-state index in [1.54, 1.807) is 19.9 Å². The molecule has 0 bridgehead atoms. The van der Waals surface area contributed by atoms with Crippen molar-refractivity contribution in [2.75, 3.05) is 13.2 Å². The van der Waals surface area contributed by atoms with Crippen LogP contribution in [0.25, 0.3) is 10.8 Å². The Morgan fingerprint density at radius 2 is 1.94 bits per heavy atom. The highest BCUT2D eigenvalue weighted by atomic mass is 32.2. The summed E-state index contributed by atoms with van der Waals surface area (Å²) in [6.07, 6.45) is 6.26. The number of ether oxygens (including phenoxy) is 2. The van der Waals surface area contributed by atoms with E-state index in [0.29, 0.717) is 42.9 Å². The molecule has 2 aliphatic heterocycles. The van der Waals surface area contributed by atoms with Crippen molar-refractivity contribution in [1.29, 1.82) is 0 Å². The SMILES string of the molecule is CCOc1cc2ccnc(O[C@@H]3C[C@H]4C(=O)N[C@]5(C(=O)NS(=O)(=O)C6(C)CC6)C[C@H]5C=CCC[C@@H](C)C[C@@H](CC)[C@H](NC(=O)O)C(=O)N4C3)c2cc1F. The van der Waals surface area contributed by atoms with Crippen LogP contribution in [-0.2, 0) is 24.4 Å². The predicted molar refractivity (Wildman–Crippen MR) is 192 cm³/mol. The number of carbonyl (C=O) groups is 4. The van der Waals surface area contributed by atoms with Crippen molar-refractivity contribution >= 4 is 44.6 Å². The van der Waals surface area contributed by atoms with Crippen LogP contribution in [0.2, 0.25) is 0 Å². The van der Waals surface area contributed by atoms with E-state index in [-0.39, 0.29) is 43.5 Å². The third-order valence-electron chi connectivity index (χ3n) is 11.2. The number of hydrogen-bond acceptors (Lipinski definition) is 9. The van der Waals surface area contributed by atoms with Gasteiger partial charge in [-0.2, -0.15) is 0 Å². The molecule has 53 heavy (non-hydrogen) atoms. The summed E-state index contributed by atoms with van der Waals surface area (Å²) in [4.78, 5) is 60.3. The van der Waals surface area contributed by atoms with Gasteiger partial charge in [0, 0.05) is 23.9 Å². The zero-order valence-electron chi connectivity index (χ0n) is 30.4. The lowest BCUT2D eigenvalue weighted by Crippen LogP contribution is -2.59.